The van der Waals surface area contributed by atoms with Gasteiger partial charge in [-0.3, -0.25) is 4.79 Å². The molecule has 2 atom stereocenters. The largest absolute Gasteiger partial charge is 0.494 e. The van der Waals surface area contributed by atoms with Crippen molar-refractivity contribution < 1.29 is 28.6 Å². The molecule has 126 valence electrons. The van der Waals surface area contributed by atoms with E-state index >= 15 is 0 Å². The molecule has 23 heavy (non-hydrogen) atoms. The molecule has 0 aliphatic rings. The number of aliphatic carboxylic acids is 1. The van der Waals surface area contributed by atoms with Crippen molar-refractivity contribution in [3.63, 3.8) is 0 Å². The maximum absolute atomic E-state index is 13.7. The van der Waals surface area contributed by atoms with Crippen molar-refractivity contribution in [3.05, 3.63) is 42.2 Å². The van der Waals surface area contributed by atoms with Gasteiger partial charge in [0.05, 0.1) is 13.7 Å². The Labute approximate surface area is 133 Å². The zero-order chi connectivity index (χ0) is 17.4. The lowest BCUT2D eigenvalue weighted by molar-refractivity contribution is -0.144. The first-order valence-corrected chi connectivity index (χ1v) is 6.99. The monoisotopic (exact) mass is 325 g/mol. The molecular weight excluding hydrogens is 305 g/mol. The minimum Gasteiger partial charge on any atom is -0.494 e. The summed E-state index contributed by atoms with van der Waals surface area (Å²) in [5.41, 5.74) is 0.0995. The lowest BCUT2D eigenvalue weighted by Gasteiger charge is -2.19. The van der Waals surface area contributed by atoms with Crippen LogP contribution in [0.5, 0.6) is 5.75 Å². The zero-order valence-corrected chi connectivity index (χ0v) is 13.0. The highest BCUT2D eigenvalue weighted by atomic mass is 19.1. The normalized spacial score (nSPS) is 13.0. The molecular formula is C16H20FNO5. The van der Waals surface area contributed by atoms with Crippen LogP contribution >= 0.6 is 0 Å². The van der Waals surface area contributed by atoms with Crippen molar-refractivity contribution in [1.82, 2.24) is 5.32 Å². The average molecular weight is 325 g/mol. The summed E-state index contributed by atoms with van der Waals surface area (Å²) in [6.07, 6.45) is 1.38. The summed E-state index contributed by atoms with van der Waals surface area (Å²) in [4.78, 5) is 23.4. The van der Waals surface area contributed by atoms with Crippen LogP contribution < -0.4 is 10.1 Å². The van der Waals surface area contributed by atoms with Gasteiger partial charge in [0.1, 0.15) is 6.10 Å². The molecule has 0 spiro atoms. The van der Waals surface area contributed by atoms with E-state index in [1.807, 2.05) is 0 Å². The van der Waals surface area contributed by atoms with Gasteiger partial charge in [-0.05, 0) is 31.0 Å². The van der Waals surface area contributed by atoms with E-state index in [4.69, 9.17) is 9.47 Å². The molecule has 1 aromatic rings. The van der Waals surface area contributed by atoms with E-state index in [0.717, 1.165) is 6.07 Å². The summed E-state index contributed by atoms with van der Waals surface area (Å²) in [6, 6.07) is 2.32. The molecule has 6 nitrogen and oxygen atoms in total. The molecule has 0 saturated heterocycles. The number of halogens is 1. The molecule has 1 aromatic carbocycles. The number of benzene rings is 1. The number of rotatable bonds is 9. The average Bonchev–Trinajstić information content (AvgIpc) is 2.52. The summed E-state index contributed by atoms with van der Waals surface area (Å²) in [7, 11) is 1.30. The quantitative estimate of drug-likeness (QED) is 0.536. The Morgan fingerprint density at radius 1 is 1.48 bits per heavy atom. The number of carbonyl (C=O) groups excluding carboxylic acids is 1. The number of carbonyl (C=O) groups is 2. The van der Waals surface area contributed by atoms with Crippen LogP contribution in [0.4, 0.5) is 4.39 Å². The fraction of sp³-hybridized carbons (Fsp3) is 0.375. The number of nitrogens with one attached hydrogen (secondary N) is 1. The second-order valence-electron chi connectivity index (χ2n) is 4.76. The standard InChI is InChI=1S/C16H20FNO5/c1-4-5-8-23-10(2)15(19)18-14(16(20)21)11-6-7-13(22-3)12(17)9-11/h4,6-7,9-10,14H,1,5,8H2,2-3H3,(H,18,19)(H,20,21). The van der Waals surface area contributed by atoms with E-state index in [9.17, 15) is 19.1 Å². The van der Waals surface area contributed by atoms with Gasteiger partial charge in [-0.1, -0.05) is 12.1 Å². The van der Waals surface area contributed by atoms with Gasteiger partial charge in [0.15, 0.2) is 17.6 Å². The van der Waals surface area contributed by atoms with Crippen LogP contribution in [0, 0.1) is 5.82 Å². The van der Waals surface area contributed by atoms with E-state index in [1.54, 1.807) is 6.08 Å². The number of methoxy groups -OCH3 is 1. The topological polar surface area (TPSA) is 84.9 Å². The number of ether oxygens (including phenoxy) is 2. The van der Waals surface area contributed by atoms with Crippen LogP contribution in [0.3, 0.4) is 0 Å². The maximum atomic E-state index is 13.7. The Kier molecular flexibility index (Phi) is 7.21. The van der Waals surface area contributed by atoms with Gasteiger partial charge in [0.25, 0.3) is 0 Å². The Morgan fingerprint density at radius 3 is 2.70 bits per heavy atom. The predicted octanol–water partition coefficient (Wildman–Crippen LogP) is 2.06. The molecule has 0 aliphatic heterocycles. The van der Waals surface area contributed by atoms with Gasteiger partial charge in [-0.2, -0.15) is 0 Å². The minimum atomic E-state index is -1.38. The smallest absolute Gasteiger partial charge is 0.330 e. The number of carboxylic acids is 1. The lowest BCUT2D eigenvalue weighted by atomic mass is 10.1. The first-order valence-electron chi connectivity index (χ1n) is 6.99. The number of amides is 1. The Morgan fingerprint density at radius 2 is 2.17 bits per heavy atom. The minimum absolute atomic E-state index is 0.00894. The third kappa shape index (κ3) is 5.37. The van der Waals surface area contributed by atoms with E-state index in [2.05, 4.69) is 11.9 Å². The molecule has 7 heteroatoms. The van der Waals surface area contributed by atoms with E-state index in [0.29, 0.717) is 13.0 Å². The highest BCUT2D eigenvalue weighted by Gasteiger charge is 2.25. The molecule has 0 fully saturated rings. The van der Waals surface area contributed by atoms with E-state index < -0.39 is 29.8 Å². The van der Waals surface area contributed by atoms with Crippen molar-refractivity contribution in [2.24, 2.45) is 0 Å². The lowest BCUT2D eigenvalue weighted by Crippen LogP contribution is -2.40. The Bertz CT molecular complexity index is 576. The van der Waals surface area contributed by atoms with Gasteiger partial charge >= 0.3 is 5.97 Å². The van der Waals surface area contributed by atoms with Crippen LogP contribution in [0.25, 0.3) is 0 Å². The molecule has 0 bridgehead atoms. The molecule has 0 heterocycles. The maximum Gasteiger partial charge on any atom is 0.330 e. The van der Waals surface area contributed by atoms with Crippen LogP contribution in [0.1, 0.15) is 24.9 Å². The Balaban J connectivity index is 2.83. The van der Waals surface area contributed by atoms with Gasteiger partial charge in [-0.25, -0.2) is 9.18 Å². The summed E-state index contributed by atoms with van der Waals surface area (Å²) in [5.74, 6) is -2.62. The first kappa shape index (κ1) is 18.6. The van der Waals surface area contributed by atoms with Crippen molar-refractivity contribution in [1.29, 1.82) is 0 Å². The molecule has 0 aliphatic carbocycles. The molecule has 2 unspecified atom stereocenters. The SMILES string of the molecule is C=CCCOC(C)C(=O)NC(C(=O)O)c1ccc(OC)c(F)c1. The molecule has 0 radical (unpaired) electrons. The molecule has 1 amide bonds. The summed E-state index contributed by atoms with van der Waals surface area (Å²) in [6.45, 7) is 5.34. The highest BCUT2D eigenvalue weighted by Crippen LogP contribution is 2.22. The van der Waals surface area contributed by atoms with Crippen molar-refractivity contribution in [3.8, 4) is 5.75 Å². The van der Waals surface area contributed by atoms with Crippen LogP contribution in [-0.4, -0.2) is 36.8 Å². The summed E-state index contributed by atoms with van der Waals surface area (Å²) >= 11 is 0. The second kappa shape index (κ2) is 8.89. The zero-order valence-electron chi connectivity index (χ0n) is 13.0. The van der Waals surface area contributed by atoms with Crippen molar-refractivity contribution in [2.45, 2.75) is 25.5 Å². The number of carboxylic acid groups (broad SMARTS) is 1. The molecule has 1 rings (SSSR count). The van der Waals surface area contributed by atoms with Gasteiger partial charge in [0, 0.05) is 0 Å². The summed E-state index contributed by atoms with van der Waals surface area (Å²) < 4.78 is 23.7. The predicted molar refractivity (Wildman–Crippen MR) is 81.7 cm³/mol. The van der Waals surface area contributed by atoms with Gasteiger partial charge < -0.3 is 19.9 Å². The van der Waals surface area contributed by atoms with Crippen molar-refractivity contribution >= 4 is 11.9 Å². The molecule has 0 saturated carbocycles. The first-order chi connectivity index (χ1) is 10.9. The van der Waals surface area contributed by atoms with Crippen molar-refractivity contribution in [2.75, 3.05) is 13.7 Å². The van der Waals surface area contributed by atoms with E-state index in [1.165, 1.54) is 26.2 Å². The third-order valence-corrected chi connectivity index (χ3v) is 3.10. The third-order valence-electron chi connectivity index (χ3n) is 3.10. The van der Waals surface area contributed by atoms with Gasteiger partial charge in [0.2, 0.25) is 5.91 Å². The van der Waals surface area contributed by atoms with Crippen LogP contribution in [0.15, 0.2) is 30.9 Å². The van der Waals surface area contributed by atoms with Gasteiger partial charge in [-0.15, -0.1) is 6.58 Å². The molecule has 0 aromatic heterocycles. The fourth-order valence-electron chi connectivity index (χ4n) is 1.81. The Hall–Kier alpha value is -2.41. The van der Waals surface area contributed by atoms with Crippen LogP contribution in [0.2, 0.25) is 0 Å². The second-order valence-corrected chi connectivity index (χ2v) is 4.76. The number of hydrogen-bond donors (Lipinski definition) is 2. The van der Waals surface area contributed by atoms with E-state index in [-0.39, 0.29) is 11.3 Å². The highest BCUT2D eigenvalue weighted by molar-refractivity contribution is 5.86. The molecule has 2 N–H and O–H groups in total. The fourth-order valence-corrected chi connectivity index (χ4v) is 1.81. The number of hydrogen-bond acceptors (Lipinski definition) is 4. The summed E-state index contributed by atoms with van der Waals surface area (Å²) in [5, 5.41) is 11.6. The van der Waals surface area contributed by atoms with Crippen LogP contribution in [-0.2, 0) is 14.3 Å².